The highest BCUT2D eigenvalue weighted by molar-refractivity contribution is 5.21. The summed E-state index contributed by atoms with van der Waals surface area (Å²) in [5, 5.41) is 3.40. The van der Waals surface area contributed by atoms with E-state index in [-0.39, 0.29) is 11.0 Å². The number of pyridine rings is 1. The van der Waals surface area contributed by atoms with Crippen molar-refractivity contribution in [3.63, 3.8) is 0 Å². The molecule has 1 rings (SSSR count). The second-order valence-corrected chi connectivity index (χ2v) is 6.99. The molecule has 126 valence electrons. The highest BCUT2D eigenvalue weighted by Crippen LogP contribution is 2.21. The summed E-state index contributed by atoms with van der Waals surface area (Å²) in [6.45, 7) is 12.7. The van der Waals surface area contributed by atoms with Crippen molar-refractivity contribution in [2.75, 3.05) is 13.7 Å². The number of nitrogens with zero attached hydrogens (tertiary/aromatic N) is 1. The van der Waals surface area contributed by atoms with E-state index in [1.165, 1.54) is 0 Å². The molecular weight excluding hydrogens is 276 g/mol. The maximum Gasteiger partial charge on any atom is 0.255 e. The predicted molar refractivity (Wildman–Crippen MR) is 92.5 cm³/mol. The van der Waals surface area contributed by atoms with Gasteiger partial charge in [-0.25, -0.2) is 0 Å². The summed E-state index contributed by atoms with van der Waals surface area (Å²) in [6.07, 6.45) is 1.91. The lowest BCUT2D eigenvalue weighted by atomic mass is 9.90. The molecule has 1 heterocycles. The van der Waals surface area contributed by atoms with E-state index in [1.54, 1.807) is 7.11 Å². The zero-order chi connectivity index (χ0) is 16.8. The number of aromatic nitrogens is 1. The smallest absolute Gasteiger partial charge is 0.255 e. The molecule has 1 atom stereocenters. The second-order valence-electron chi connectivity index (χ2n) is 6.99. The van der Waals surface area contributed by atoms with E-state index >= 15 is 0 Å². The van der Waals surface area contributed by atoms with Gasteiger partial charge in [0.25, 0.3) is 5.56 Å². The van der Waals surface area contributed by atoms with Gasteiger partial charge in [0.1, 0.15) is 0 Å². The highest BCUT2D eigenvalue weighted by Gasteiger charge is 2.20. The number of nitrogens with one attached hydrogen (secondary N) is 1. The minimum absolute atomic E-state index is 0.0467. The molecule has 0 aromatic carbocycles. The van der Waals surface area contributed by atoms with Gasteiger partial charge in [0.15, 0.2) is 0 Å². The molecule has 0 radical (unpaired) electrons. The third-order valence-electron chi connectivity index (χ3n) is 4.00. The summed E-state index contributed by atoms with van der Waals surface area (Å²) in [4.78, 5) is 12.8. The van der Waals surface area contributed by atoms with Crippen molar-refractivity contribution in [3.8, 4) is 0 Å². The summed E-state index contributed by atoms with van der Waals surface area (Å²) in [7, 11) is 1.69. The Hall–Kier alpha value is -1.13. The Morgan fingerprint density at radius 3 is 2.55 bits per heavy atom. The standard InChI is InChI=1S/C18H32N2O2/c1-7-14(2)19-13-15-9-10-16(18(3,4)5)20(17(15)21)11-8-12-22-6/h9-10,14,19H,7-8,11-13H2,1-6H3. The normalized spacial score (nSPS) is 13.4. The van der Waals surface area contributed by atoms with Gasteiger partial charge in [-0.15, -0.1) is 0 Å². The summed E-state index contributed by atoms with van der Waals surface area (Å²) < 4.78 is 7.05. The maximum absolute atomic E-state index is 12.8. The largest absolute Gasteiger partial charge is 0.385 e. The number of rotatable bonds is 8. The maximum atomic E-state index is 12.8. The van der Waals surface area contributed by atoms with Crippen molar-refractivity contribution in [3.05, 3.63) is 33.7 Å². The quantitative estimate of drug-likeness (QED) is 0.751. The molecule has 0 saturated heterocycles. The Kier molecular flexibility index (Phi) is 7.30. The van der Waals surface area contributed by atoms with Gasteiger partial charge in [-0.2, -0.15) is 0 Å². The van der Waals surface area contributed by atoms with E-state index in [0.29, 0.717) is 25.7 Å². The second kappa shape index (κ2) is 8.49. The first kappa shape index (κ1) is 18.9. The van der Waals surface area contributed by atoms with Crippen LogP contribution in [0.4, 0.5) is 0 Å². The van der Waals surface area contributed by atoms with Crippen molar-refractivity contribution >= 4 is 0 Å². The minimum Gasteiger partial charge on any atom is -0.385 e. The van der Waals surface area contributed by atoms with Crippen LogP contribution in [0.2, 0.25) is 0 Å². The van der Waals surface area contributed by atoms with Crippen LogP contribution in [-0.4, -0.2) is 24.3 Å². The monoisotopic (exact) mass is 308 g/mol. The van der Waals surface area contributed by atoms with Crippen LogP contribution in [0.15, 0.2) is 16.9 Å². The molecule has 4 nitrogen and oxygen atoms in total. The van der Waals surface area contributed by atoms with Crippen molar-refractivity contribution < 1.29 is 4.74 Å². The Morgan fingerprint density at radius 2 is 2.00 bits per heavy atom. The van der Waals surface area contributed by atoms with Crippen molar-refractivity contribution in [2.45, 2.75) is 72.0 Å². The molecular formula is C18H32N2O2. The molecule has 0 aliphatic carbocycles. The summed E-state index contributed by atoms with van der Waals surface area (Å²) in [6, 6.07) is 4.50. The molecule has 1 unspecified atom stereocenters. The third kappa shape index (κ3) is 5.25. The van der Waals surface area contributed by atoms with Crippen LogP contribution in [0.3, 0.4) is 0 Å². The van der Waals surface area contributed by atoms with Crippen LogP contribution in [0.1, 0.15) is 58.7 Å². The Balaban J connectivity index is 3.07. The fraction of sp³-hybridized carbons (Fsp3) is 0.722. The van der Waals surface area contributed by atoms with E-state index in [2.05, 4.69) is 46.0 Å². The topological polar surface area (TPSA) is 43.3 Å². The van der Waals surface area contributed by atoms with Gasteiger partial charge in [0.05, 0.1) is 0 Å². The molecule has 1 N–H and O–H groups in total. The molecule has 1 aromatic rings. The zero-order valence-electron chi connectivity index (χ0n) is 15.0. The molecule has 0 amide bonds. The van der Waals surface area contributed by atoms with Crippen LogP contribution in [0, 0.1) is 0 Å². The van der Waals surface area contributed by atoms with Crippen LogP contribution < -0.4 is 10.9 Å². The van der Waals surface area contributed by atoms with Crippen molar-refractivity contribution in [2.24, 2.45) is 0 Å². The fourth-order valence-electron chi connectivity index (χ4n) is 2.43. The minimum atomic E-state index is -0.0467. The lowest BCUT2D eigenvalue weighted by Gasteiger charge is -2.25. The molecule has 1 aromatic heterocycles. The molecule has 4 heteroatoms. The van der Waals surface area contributed by atoms with Crippen molar-refractivity contribution in [1.82, 2.24) is 9.88 Å². The van der Waals surface area contributed by atoms with Gasteiger partial charge in [-0.3, -0.25) is 4.79 Å². The van der Waals surface area contributed by atoms with Gasteiger partial charge < -0.3 is 14.6 Å². The van der Waals surface area contributed by atoms with Crippen LogP contribution in [0.25, 0.3) is 0 Å². The Morgan fingerprint density at radius 1 is 1.32 bits per heavy atom. The van der Waals surface area contributed by atoms with E-state index < -0.39 is 0 Å². The van der Waals surface area contributed by atoms with Gasteiger partial charge >= 0.3 is 0 Å². The Labute approximate surface area is 134 Å². The van der Waals surface area contributed by atoms with E-state index in [1.807, 2.05) is 10.6 Å². The molecule has 0 bridgehead atoms. The lowest BCUT2D eigenvalue weighted by molar-refractivity contribution is 0.189. The van der Waals surface area contributed by atoms with Crippen molar-refractivity contribution in [1.29, 1.82) is 0 Å². The fourth-order valence-corrected chi connectivity index (χ4v) is 2.43. The van der Waals surface area contributed by atoms with E-state index in [0.717, 1.165) is 24.1 Å². The van der Waals surface area contributed by atoms with Gasteiger partial charge in [-0.05, 0) is 25.8 Å². The van der Waals surface area contributed by atoms with Crippen LogP contribution in [0.5, 0.6) is 0 Å². The van der Waals surface area contributed by atoms with E-state index in [4.69, 9.17) is 4.74 Å². The molecule has 0 fully saturated rings. The zero-order valence-corrected chi connectivity index (χ0v) is 15.0. The average Bonchev–Trinajstić information content (AvgIpc) is 2.46. The first-order chi connectivity index (χ1) is 10.3. The third-order valence-corrected chi connectivity index (χ3v) is 4.00. The number of hydrogen-bond donors (Lipinski definition) is 1. The molecule has 0 spiro atoms. The summed E-state index contributed by atoms with van der Waals surface area (Å²) >= 11 is 0. The number of methoxy groups -OCH3 is 1. The first-order valence-electron chi connectivity index (χ1n) is 8.26. The molecule has 0 aliphatic heterocycles. The van der Waals surface area contributed by atoms with Crippen LogP contribution in [-0.2, 0) is 23.2 Å². The molecule has 0 saturated carbocycles. The SMILES string of the molecule is CCC(C)NCc1ccc(C(C)(C)C)n(CCCOC)c1=O. The summed E-state index contributed by atoms with van der Waals surface area (Å²) in [5.74, 6) is 0. The van der Waals surface area contributed by atoms with Crippen LogP contribution >= 0.6 is 0 Å². The summed E-state index contributed by atoms with van der Waals surface area (Å²) in [5.41, 5.74) is 2.00. The average molecular weight is 308 g/mol. The van der Waals surface area contributed by atoms with Gasteiger partial charge in [0, 0.05) is 49.5 Å². The van der Waals surface area contributed by atoms with Gasteiger partial charge in [0.2, 0.25) is 0 Å². The predicted octanol–water partition coefficient (Wildman–Crippen LogP) is 3.07. The highest BCUT2D eigenvalue weighted by atomic mass is 16.5. The first-order valence-corrected chi connectivity index (χ1v) is 8.26. The number of ether oxygens (including phenoxy) is 1. The number of hydrogen-bond acceptors (Lipinski definition) is 3. The molecule has 0 aliphatic rings. The van der Waals surface area contributed by atoms with E-state index in [9.17, 15) is 4.79 Å². The molecule has 22 heavy (non-hydrogen) atoms. The Bertz CT molecular complexity index is 515. The lowest BCUT2D eigenvalue weighted by Crippen LogP contribution is -2.35. The van der Waals surface area contributed by atoms with Gasteiger partial charge in [-0.1, -0.05) is 33.8 Å².